The van der Waals surface area contributed by atoms with Gasteiger partial charge in [-0.2, -0.15) is 4.58 Å². The van der Waals surface area contributed by atoms with E-state index in [9.17, 15) is 79.2 Å². The zero-order valence-corrected chi connectivity index (χ0v) is 57.6. The van der Waals surface area contributed by atoms with E-state index in [1.807, 2.05) is 4.90 Å². The molecule has 0 spiro atoms. The molecule has 0 N–H and O–H groups in total. The van der Waals surface area contributed by atoms with Crippen LogP contribution in [0, 0.1) is 0 Å². The summed E-state index contributed by atoms with van der Waals surface area (Å²) < 4.78 is 241. The number of rotatable bonds is 42. The minimum Gasteiger partial charge on any atom is -0.748 e. The van der Waals surface area contributed by atoms with Crippen LogP contribution in [-0.2, 0) is 123 Å². The lowest BCUT2D eigenvalue weighted by molar-refractivity contribution is -0.441. The first-order valence-corrected chi connectivity index (χ1v) is 37.5. The SMILES string of the molecule is COCCOCCOCCOCCC1(C)\C(=C/C=C/C=C/C2=[N+](CCOC)c3ccc4c(S(=O)(=O)[O-])cc(S(=O)(=O)[O-])cc4c3C2(C)CCCS(=O)(=O)[O-])N(CCOCCOCCOCCOCCC(=O)ON2C(=O)CCC2=O)c2ccc3c(S(=O)(=O)[O-])cc(S(=O)(=O)[O-])cc3c21. The van der Waals surface area contributed by atoms with Gasteiger partial charge in [0.05, 0.1) is 134 Å². The Morgan fingerprint density at radius 2 is 1.02 bits per heavy atom. The van der Waals surface area contributed by atoms with Crippen molar-refractivity contribution < 1.29 is 131 Å². The Morgan fingerprint density at radius 1 is 0.536 bits per heavy atom. The number of benzene rings is 4. The largest absolute Gasteiger partial charge is 0.748 e. The highest BCUT2D eigenvalue weighted by atomic mass is 32.2. The van der Waals surface area contributed by atoms with E-state index < -0.39 is 105 Å². The Balaban J connectivity index is 1.20. The van der Waals surface area contributed by atoms with Gasteiger partial charge in [-0.3, -0.25) is 9.59 Å². The average molecular weight is 1460 g/mol. The molecule has 2 atom stereocenters. The third kappa shape index (κ3) is 20.5. The van der Waals surface area contributed by atoms with Crippen molar-refractivity contribution in [1.29, 1.82) is 0 Å². The third-order valence-electron chi connectivity index (χ3n) is 16.1. The highest BCUT2D eigenvalue weighted by molar-refractivity contribution is 7.87. The van der Waals surface area contributed by atoms with E-state index in [1.54, 1.807) is 62.0 Å². The summed E-state index contributed by atoms with van der Waals surface area (Å²) in [5.41, 5.74) is -0.612. The molecule has 2 unspecified atom stereocenters. The molecule has 97 heavy (non-hydrogen) atoms. The number of fused-ring (bicyclic) bond motifs is 6. The number of methoxy groups -OCH3 is 2. The van der Waals surface area contributed by atoms with Crippen LogP contribution in [0.1, 0.15) is 63.5 Å². The van der Waals surface area contributed by atoms with Crippen molar-refractivity contribution in [3.05, 3.63) is 95.7 Å². The fourth-order valence-corrected chi connectivity index (χ4v) is 14.8. The van der Waals surface area contributed by atoms with E-state index in [0.29, 0.717) is 58.8 Å². The van der Waals surface area contributed by atoms with Gasteiger partial charge in [-0.1, -0.05) is 24.3 Å². The first-order chi connectivity index (χ1) is 45.8. The second-order valence-corrected chi connectivity index (χ2v) is 29.6. The molecule has 4 aromatic rings. The van der Waals surface area contributed by atoms with Gasteiger partial charge in [0.15, 0.2) is 12.3 Å². The van der Waals surface area contributed by atoms with E-state index in [-0.39, 0.29) is 171 Å². The molecule has 3 heterocycles. The first-order valence-electron chi connectivity index (χ1n) is 30.3. The van der Waals surface area contributed by atoms with Crippen LogP contribution >= 0.6 is 0 Å². The molecule has 0 aliphatic carbocycles. The predicted octanol–water partition coefficient (Wildman–Crippen LogP) is 2.86. The first kappa shape index (κ1) is 78.2. The maximum absolute atomic E-state index is 12.9. The molecule has 536 valence electrons. The van der Waals surface area contributed by atoms with Gasteiger partial charge in [-0.25, -0.2) is 46.9 Å². The molecule has 3 aliphatic rings. The third-order valence-corrected chi connectivity index (χ3v) is 20.2. The maximum Gasteiger partial charge on any atom is 0.335 e. The molecule has 2 amide bonds. The van der Waals surface area contributed by atoms with Crippen LogP contribution in [-0.4, -0.2) is 237 Å². The molecule has 4 aromatic carbocycles. The van der Waals surface area contributed by atoms with Crippen LogP contribution in [0.2, 0.25) is 0 Å². The zero-order chi connectivity index (χ0) is 71.0. The van der Waals surface area contributed by atoms with Gasteiger partial charge in [-0.05, 0) is 97.3 Å². The van der Waals surface area contributed by atoms with Crippen molar-refractivity contribution >= 4 is 107 Å². The molecule has 31 nitrogen and oxygen atoms in total. The molecule has 1 saturated heterocycles. The Bertz CT molecular complexity index is 4240. The van der Waals surface area contributed by atoms with Crippen molar-refractivity contribution in [2.45, 2.75) is 82.8 Å². The van der Waals surface area contributed by atoms with Gasteiger partial charge >= 0.3 is 5.97 Å². The van der Waals surface area contributed by atoms with Crippen LogP contribution in [0.25, 0.3) is 21.5 Å². The van der Waals surface area contributed by atoms with Gasteiger partial charge in [-0.15, -0.1) is 5.06 Å². The molecule has 7 rings (SSSR count). The molecule has 0 radical (unpaired) electrons. The lowest BCUT2D eigenvalue weighted by atomic mass is 9.74. The summed E-state index contributed by atoms with van der Waals surface area (Å²) in [6.45, 7) is 5.82. The van der Waals surface area contributed by atoms with Crippen LogP contribution in [0.5, 0.6) is 0 Å². The molecule has 0 bridgehead atoms. The number of carbonyl (C=O) groups excluding carboxylic acids is 3. The lowest BCUT2D eigenvalue weighted by Crippen LogP contribution is -2.32. The predicted molar refractivity (Wildman–Crippen MR) is 338 cm³/mol. The number of hydrogen-bond acceptors (Lipinski definition) is 29. The molecule has 36 heteroatoms. The van der Waals surface area contributed by atoms with Crippen LogP contribution in [0.15, 0.2) is 104 Å². The number of ether oxygens (including phenoxy) is 9. The Morgan fingerprint density at radius 3 is 1.53 bits per heavy atom. The molecule has 1 fully saturated rings. The second kappa shape index (κ2) is 34.3. The fourth-order valence-electron chi connectivity index (χ4n) is 11.7. The van der Waals surface area contributed by atoms with Crippen molar-refractivity contribution in [2.24, 2.45) is 0 Å². The molecular formula is C61H75N3O28S5-4. The smallest absolute Gasteiger partial charge is 0.335 e. The topological polar surface area (TPSA) is 439 Å². The summed E-state index contributed by atoms with van der Waals surface area (Å²) in [6, 6.07) is 8.57. The van der Waals surface area contributed by atoms with Crippen LogP contribution in [0.3, 0.4) is 0 Å². The van der Waals surface area contributed by atoms with Crippen LogP contribution < -0.4 is 4.90 Å². The fraction of sp³-hybridized carbons (Fsp3) is 0.508. The van der Waals surface area contributed by atoms with Gasteiger partial charge < -0.3 is 75.1 Å². The van der Waals surface area contributed by atoms with E-state index in [4.69, 9.17) is 47.5 Å². The summed E-state index contributed by atoms with van der Waals surface area (Å²) in [7, 11) is -23.5. The number of anilines is 1. The van der Waals surface area contributed by atoms with E-state index in [1.165, 1.54) is 25.3 Å². The summed E-state index contributed by atoms with van der Waals surface area (Å²) in [4.78, 5) is 38.0. The highest BCUT2D eigenvalue weighted by Crippen LogP contribution is 2.54. The normalized spacial score (nSPS) is 18.4. The average Bonchev–Trinajstić information content (AvgIpc) is 1.60. The van der Waals surface area contributed by atoms with Crippen LogP contribution in [0.4, 0.5) is 11.4 Å². The van der Waals surface area contributed by atoms with E-state index >= 15 is 0 Å². The Labute approximate surface area is 562 Å². The number of nitrogens with zero attached hydrogens (tertiary/aromatic N) is 3. The van der Waals surface area contributed by atoms with Crippen molar-refractivity contribution in [3.8, 4) is 0 Å². The van der Waals surface area contributed by atoms with Crippen molar-refractivity contribution in [3.63, 3.8) is 0 Å². The summed E-state index contributed by atoms with van der Waals surface area (Å²) in [5, 5.41) is -0.150. The zero-order valence-electron chi connectivity index (χ0n) is 53.5. The minimum absolute atomic E-state index is 0.00323. The monoisotopic (exact) mass is 1460 g/mol. The molecule has 3 aliphatic heterocycles. The van der Waals surface area contributed by atoms with Gasteiger partial charge in [0, 0.05) is 85.9 Å². The van der Waals surface area contributed by atoms with Gasteiger partial charge in [0.2, 0.25) is 5.69 Å². The van der Waals surface area contributed by atoms with Crippen molar-refractivity contribution in [1.82, 2.24) is 5.06 Å². The minimum atomic E-state index is -5.44. The molecule has 0 saturated carbocycles. The van der Waals surface area contributed by atoms with Gasteiger partial charge in [0.25, 0.3) is 11.8 Å². The van der Waals surface area contributed by atoms with E-state index in [2.05, 4.69) is 0 Å². The summed E-state index contributed by atoms with van der Waals surface area (Å²) in [6.07, 6.45) is 7.51. The summed E-state index contributed by atoms with van der Waals surface area (Å²) in [5.74, 6) is -2.85. The van der Waals surface area contributed by atoms with E-state index in [0.717, 1.165) is 12.1 Å². The number of carbonyl (C=O) groups is 3. The highest BCUT2D eigenvalue weighted by Gasteiger charge is 2.49. The number of allylic oxidation sites excluding steroid dienone is 6. The Kier molecular flexibility index (Phi) is 27.7. The quantitative estimate of drug-likeness (QED) is 0.0202. The number of hydroxylamine groups is 2. The number of imide groups is 1. The Hall–Kier alpha value is -6.11. The van der Waals surface area contributed by atoms with Crippen molar-refractivity contribution in [2.75, 3.05) is 144 Å². The maximum atomic E-state index is 12.9. The molecular weight excluding hydrogens is 1380 g/mol. The number of amides is 2. The molecule has 0 aromatic heterocycles. The lowest BCUT2D eigenvalue weighted by Gasteiger charge is -2.31. The second-order valence-electron chi connectivity index (χ2n) is 22.6. The number of hydrogen-bond donors (Lipinski definition) is 0. The standard InChI is InChI=1S/C61H79N3O28S5/c1-60(18-8-38-93(68,69)70)53(62(20-24-83-3)49-13-11-45-47(58(49)60)39-43(94(71,72)73)41-51(45)96(77,78)79)9-6-5-7-10-54-61(2,19-23-86-29-32-90-35-34-88-27-26-84-4)59-48-40-44(95(74,75)76)42-52(97(80,81)82)46(48)12-14-50(59)63(54)21-25-87-30-33-91-37-36-89-31-28-85-22-17-57(67)92-64-55(65)15-16-56(64)66/h5-7,9-14,39-42H,8,15-38H2,1-4H3,(H4-,68,69,70,71,72,73,74,75,76,77,78,79,80,81,82)/p-4. The summed E-state index contributed by atoms with van der Waals surface area (Å²) >= 11 is 0. The van der Waals surface area contributed by atoms with Gasteiger partial charge in [0.1, 0.15) is 47.1 Å².